The van der Waals surface area contributed by atoms with Crippen LogP contribution in [-0.2, 0) is 4.79 Å². The molecule has 1 N–H and O–H groups in total. The lowest BCUT2D eigenvalue weighted by Crippen LogP contribution is -2.35. The zero-order chi connectivity index (χ0) is 21.6. The lowest BCUT2D eigenvalue weighted by molar-refractivity contribution is -0.114. The van der Waals surface area contributed by atoms with E-state index in [0.717, 1.165) is 27.1 Å². The molecule has 0 aliphatic carbocycles. The maximum Gasteiger partial charge on any atom is 0.283 e. The molecular formula is C20H17ClFN5OS2. The quantitative estimate of drug-likeness (QED) is 0.636. The SMILES string of the molecule is CCSC1=NN2C(=N)C(=Cc3cc(C)n(-c4ccc(F)c(Cl)c4)c3C)C(=O)N=C2S1. The molecule has 0 saturated heterocycles. The summed E-state index contributed by atoms with van der Waals surface area (Å²) < 4.78 is 16.2. The van der Waals surface area contributed by atoms with Crippen molar-refractivity contribution in [2.24, 2.45) is 10.1 Å². The predicted molar refractivity (Wildman–Crippen MR) is 123 cm³/mol. The Morgan fingerprint density at radius 1 is 1.33 bits per heavy atom. The number of thioether (sulfide) groups is 2. The molecule has 30 heavy (non-hydrogen) atoms. The molecule has 0 radical (unpaired) electrons. The molecule has 2 aromatic rings. The van der Waals surface area contributed by atoms with Crippen LogP contribution in [0.15, 0.2) is 39.9 Å². The molecule has 0 spiro atoms. The Bertz CT molecular complexity index is 1180. The van der Waals surface area contributed by atoms with Gasteiger partial charge in [0.1, 0.15) is 5.82 Å². The Hall–Kier alpha value is -2.36. The van der Waals surface area contributed by atoms with E-state index in [0.29, 0.717) is 10.9 Å². The summed E-state index contributed by atoms with van der Waals surface area (Å²) in [7, 11) is 0. The second-order valence-electron chi connectivity index (χ2n) is 6.58. The largest absolute Gasteiger partial charge is 0.318 e. The highest BCUT2D eigenvalue weighted by Gasteiger charge is 2.35. The van der Waals surface area contributed by atoms with Crippen molar-refractivity contribution < 1.29 is 9.18 Å². The topological polar surface area (TPSA) is 73.8 Å². The van der Waals surface area contributed by atoms with Crippen molar-refractivity contribution in [3.05, 3.63) is 57.6 Å². The first kappa shape index (κ1) is 20.9. The molecule has 0 atom stereocenters. The van der Waals surface area contributed by atoms with E-state index in [1.165, 1.54) is 22.8 Å². The van der Waals surface area contributed by atoms with E-state index in [-0.39, 0.29) is 16.4 Å². The van der Waals surface area contributed by atoms with Gasteiger partial charge >= 0.3 is 0 Å². The van der Waals surface area contributed by atoms with Crippen molar-refractivity contribution in [3.8, 4) is 5.69 Å². The first-order chi connectivity index (χ1) is 14.3. The molecule has 0 bridgehead atoms. The maximum atomic E-state index is 13.6. The van der Waals surface area contributed by atoms with E-state index in [2.05, 4.69) is 10.1 Å². The Morgan fingerprint density at radius 2 is 2.10 bits per heavy atom. The maximum absolute atomic E-state index is 13.6. The third kappa shape index (κ3) is 3.61. The Labute approximate surface area is 186 Å². The summed E-state index contributed by atoms with van der Waals surface area (Å²) in [4.78, 5) is 16.7. The number of nitrogens with one attached hydrogen (secondary N) is 1. The van der Waals surface area contributed by atoms with Crippen LogP contribution in [0.3, 0.4) is 0 Å². The number of hydrazone groups is 1. The van der Waals surface area contributed by atoms with Gasteiger partial charge in [-0.25, -0.2) is 4.39 Å². The van der Waals surface area contributed by atoms with E-state index in [9.17, 15) is 9.18 Å². The van der Waals surface area contributed by atoms with Crippen LogP contribution in [0.2, 0.25) is 5.02 Å². The van der Waals surface area contributed by atoms with E-state index < -0.39 is 11.7 Å². The molecule has 10 heteroatoms. The molecule has 154 valence electrons. The van der Waals surface area contributed by atoms with Crippen molar-refractivity contribution in [3.63, 3.8) is 0 Å². The monoisotopic (exact) mass is 461 g/mol. The number of aliphatic imine (C=N–C) groups is 1. The fourth-order valence-electron chi connectivity index (χ4n) is 3.27. The van der Waals surface area contributed by atoms with Gasteiger partial charge in [-0.2, -0.15) is 10.0 Å². The first-order valence-corrected chi connectivity index (χ1v) is 11.3. The number of amidine groups is 2. The Balaban J connectivity index is 1.73. The Kier molecular flexibility index (Phi) is 5.61. The van der Waals surface area contributed by atoms with E-state index in [1.54, 1.807) is 30.0 Å². The Morgan fingerprint density at radius 3 is 2.80 bits per heavy atom. The zero-order valence-electron chi connectivity index (χ0n) is 16.4. The number of carbonyl (C=O) groups is 1. The number of fused-ring (bicyclic) bond motifs is 1. The zero-order valence-corrected chi connectivity index (χ0v) is 18.8. The van der Waals surface area contributed by atoms with Crippen molar-refractivity contribution in [1.82, 2.24) is 9.58 Å². The summed E-state index contributed by atoms with van der Waals surface area (Å²) in [6.45, 7) is 5.81. The number of halogens is 2. The summed E-state index contributed by atoms with van der Waals surface area (Å²) in [5, 5.41) is 14.7. The summed E-state index contributed by atoms with van der Waals surface area (Å²) in [6, 6.07) is 6.42. The molecule has 1 aromatic heterocycles. The molecule has 0 unspecified atom stereocenters. The van der Waals surface area contributed by atoms with Gasteiger partial charge in [-0.3, -0.25) is 10.2 Å². The van der Waals surface area contributed by atoms with Gasteiger partial charge in [0, 0.05) is 17.1 Å². The molecule has 1 aromatic carbocycles. The van der Waals surface area contributed by atoms with Crippen molar-refractivity contribution in [1.29, 1.82) is 5.41 Å². The first-order valence-electron chi connectivity index (χ1n) is 9.07. The molecule has 0 fully saturated rings. The van der Waals surface area contributed by atoms with E-state index >= 15 is 0 Å². The van der Waals surface area contributed by atoms with Crippen molar-refractivity contribution >= 4 is 62.5 Å². The molecule has 6 nitrogen and oxygen atoms in total. The summed E-state index contributed by atoms with van der Waals surface area (Å²) in [5.41, 5.74) is 3.37. The van der Waals surface area contributed by atoms with Crippen LogP contribution in [0, 0.1) is 25.1 Å². The molecule has 4 rings (SSSR count). The van der Waals surface area contributed by atoms with Gasteiger partial charge in [-0.15, -0.1) is 5.10 Å². The van der Waals surface area contributed by atoms with Crippen LogP contribution in [0.4, 0.5) is 4.39 Å². The van der Waals surface area contributed by atoms with Crippen LogP contribution in [-0.4, -0.2) is 36.6 Å². The van der Waals surface area contributed by atoms with Gasteiger partial charge in [-0.05, 0) is 67.3 Å². The van der Waals surface area contributed by atoms with Crippen LogP contribution >= 0.6 is 35.1 Å². The molecule has 0 saturated carbocycles. The highest BCUT2D eigenvalue weighted by atomic mass is 35.5. The summed E-state index contributed by atoms with van der Waals surface area (Å²) in [5.74, 6) is -0.106. The molecule has 2 aliphatic rings. The minimum absolute atomic E-state index is 0.00108. The lowest BCUT2D eigenvalue weighted by atomic mass is 10.1. The van der Waals surface area contributed by atoms with E-state index in [1.807, 2.05) is 31.4 Å². The van der Waals surface area contributed by atoms with Gasteiger partial charge in [0.25, 0.3) is 5.91 Å². The fraction of sp³-hybridized carbons (Fsp3) is 0.200. The van der Waals surface area contributed by atoms with Crippen LogP contribution in [0.25, 0.3) is 11.8 Å². The smallest absolute Gasteiger partial charge is 0.283 e. The third-order valence-electron chi connectivity index (χ3n) is 4.64. The summed E-state index contributed by atoms with van der Waals surface area (Å²) >= 11 is 8.79. The van der Waals surface area contributed by atoms with Crippen molar-refractivity contribution in [2.45, 2.75) is 20.8 Å². The average Bonchev–Trinajstić information content (AvgIpc) is 3.21. The lowest BCUT2D eigenvalue weighted by Gasteiger charge is -2.20. The van der Waals surface area contributed by atoms with Crippen LogP contribution < -0.4 is 0 Å². The van der Waals surface area contributed by atoms with Crippen LogP contribution in [0.1, 0.15) is 23.9 Å². The fourth-order valence-corrected chi connectivity index (χ4v) is 5.27. The highest BCUT2D eigenvalue weighted by molar-refractivity contribution is 8.45. The average molecular weight is 462 g/mol. The number of aryl methyl sites for hydroxylation is 1. The second kappa shape index (κ2) is 8.05. The standard InChI is InChI=1S/C20H17ClFN5OS2/c1-4-29-20-25-27-17(23)14(18(28)24-19(27)30-20)8-12-7-10(2)26(11(12)3)13-5-6-16(22)15(21)9-13/h5-9,23H,4H2,1-3H3. The minimum atomic E-state index is -0.482. The number of benzene rings is 1. The normalized spacial score (nSPS) is 17.5. The number of rotatable bonds is 3. The number of nitrogens with zero attached hydrogens (tertiary/aromatic N) is 4. The molecule has 2 aliphatic heterocycles. The number of amides is 1. The van der Waals surface area contributed by atoms with Gasteiger partial charge in [0.05, 0.1) is 10.6 Å². The second-order valence-corrected chi connectivity index (χ2v) is 9.45. The molecule has 3 heterocycles. The van der Waals surface area contributed by atoms with Gasteiger partial charge in [-0.1, -0.05) is 30.3 Å². The van der Waals surface area contributed by atoms with Gasteiger partial charge < -0.3 is 4.57 Å². The van der Waals surface area contributed by atoms with Gasteiger partial charge in [0.2, 0.25) is 5.17 Å². The minimum Gasteiger partial charge on any atom is -0.318 e. The number of aromatic nitrogens is 1. The van der Waals surface area contributed by atoms with Crippen molar-refractivity contribution in [2.75, 3.05) is 5.75 Å². The van der Waals surface area contributed by atoms with Gasteiger partial charge in [0.15, 0.2) is 10.2 Å². The molecular weight excluding hydrogens is 445 g/mol. The number of hydrogen-bond donors (Lipinski definition) is 1. The number of carbonyl (C=O) groups excluding carboxylic acids is 1. The third-order valence-corrected chi connectivity index (χ3v) is 6.85. The summed E-state index contributed by atoms with van der Waals surface area (Å²) in [6.07, 6.45) is 1.65. The highest BCUT2D eigenvalue weighted by Crippen LogP contribution is 2.33. The van der Waals surface area contributed by atoms with E-state index in [4.69, 9.17) is 17.0 Å². The molecule has 1 amide bonds. The number of hydrogen-bond acceptors (Lipinski definition) is 5. The predicted octanol–water partition coefficient (Wildman–Crippen LogP) is 5.22. The van der Waals surface area contributed by atoms with Crippen LogP contribution in [0.5, 0.6) is 0 Å².